The van der Waals surface area contributed by atoms with Crippen molar-refractivity contribution in [3.63, 3.8) is 0 Å². The van der Waals surface area contributed by atoms with E-state index in [2.05, 4.69) is 48.4 Å². The van der Waals surface area contributed by atoms with E-state index in [4.69, 9.17) is 0 Å². The Bertz CT molecular complexity index is 801. The zero-order valence-corrected chi connectivity index (χ0v) is 14.3. The maximum absolute atomic E-state index is 12.0. The van der Waals surface area contributed by atoms with Crippen LogP contribution < -0.4 is 5.32 Å². The standard InChI is InChI=1S/C18H21N3OS/c1-3-4-9-19-17(22)10-15-12-23-18-20-16(11-21(15)18)14-7-5-13(2)6-8-14/h5-8,11-12H,3-4,9-10H2,1-2H3,(H,19,22). The number of rotatable bonds is 6. The van der Waals surface area contributed by atoms with Crippen LogP contribution in [0.4, 0.5) is 0 Å². The molecule has 0 fully saturated rings. The molecule has 1 amide bonds. The fourth-order valence-corrected chi connectivity index (χ4v) is 3.32. The summed E-state index contributed by atoms with van der Waals surface area (Å²) in [6.45, 7) is 4.94. The number of thiazole rings is 1. The lowest BCUT2D eigenvalue weighted by Gasteiger charge is -2.03. The molecule has 3 rings (SSSR count). The van der Waals surface area contributed by atoms with Crippen molar-refractivity contribution in [2.45, 2.75) is 33.1 Å². The molecule has 0 unspecified atom stereocenters. The summed E-state index contributed by atoms with van der Waals surface area (Å²) >= 11 is 1.57. The third kappa shape index (κ3) is 3.62. The summed E-state index contributed by atoms with van der Waals surface area (Å²) in [7, 11) is 0. The molecule has 0 atom stereocenters. The zero-order chi connectivity index (χ0) is 16.2. The van der Waals surface area contributed by atoms with Crippen molar-refractivity contribution < 1.29 is 4.79 Å². The predicted molar refractivity (Wildman–Crippen MR) is 94.9 cm³/mol. The van der Waals surface area contributed by atoms with Gasteiger partial charge < -0.3 is 5.32 Å². The van der Waals surface area contributed by atoms with Crippen LogP contribution in [0.25, 0.3) is 16.2 Å². The van der Waals surface area contributed by atoms with Crippen molar-refractivity contribution in [2.24, 2.45) is 0 Å². The van der Waals surface area contributed by atoms with E-state index < -0.39 is 0 Å². The summed E-state index contributed by atoms with van der Waals surface area (Å²) in [5.74, 6) is 0.0729. The second-order valence-corrected chi connectivity index (χ2v) is 6.59. The molecule has 0 spiro atoms. The van der Waals surface area contributed by atoms with Crippen LogP contribution >= 0.6 is 11.3 Å². The largest absolute Gasteiger partial charge is 0.356 e. The number of nitrogens with one attached hydrogen (secondary N) is 1. The van der Waals surface area contributed by atoms with E-state index in [0.717, 1.165) is 41.3 Å². The number of carbonyl (C=O) groups is 1. The van der Waals surface area contributed by atoms with Gasteiger partial charge in [0.2, 0.25) is 5.91 Å². The number of hydrogen-bond donors (Lipinski definition) is 1. The van der Waals surface area contributed by atoms with E-state index in [-0.39, 0.29) is 5.91 Å². The Kier molecular flexibility index (Phi) is 4.76. The van der Waals surface area contributed by atoms with Crippen LogP contribution in [0.3, 0.4) is 0 Å². The number of benzene rings is 1. The lowest BCUT2D eigenvalue weighted by molar-refractivity contribution is -0.120. The molecule has 1 N–H and O–H groups in total. The highest BCUT2D eigenvalue weighted by atomic mass is 32.1. The first-order valence-electron chi connectivity index (χ1n) is 7.96. The maximum Gasteiger partial charge on any atom is 0.225 e. The van der Waals surface area contributed by atoms with Gasteiger partial charge >= 0.3 is 0 Å². The van der Waals surface area contributed by atoms with Gasteiger partial charge in [-0.05, 0) is 13.3 Å². The van der Waals surface area contributed by atoms with Crippen LogP contribution in [0.5, 0.6) is 0 Å². The molecule has 0 aliphatic carbocycles. The normalized spacial score (nSPS) is 11.0. The van der Waals surface area contributed by atoms with Gasteiger partial charge in [-0.3, -0.25) is 9.20 Å². The highest BCUT2D eigenvalue weighted by molar-refractivity contribution is 7.15. The Morgan fingerprint density at radius 3 is 2.83 bits per heavy atom. The zero-order valence-electron chi connectivity index (χ0n) is 13.5. The molecule has 4 nitrogen and oxygen atoms in total. The minimum atomic E-state index is 0.0729. The van der Waals surface area contributed by atoms with Crippen molar-refractivity contribution in [3.8, 4) is 11.3 Å². The minimum Gasteiger partial charge on any atom is -0.356 e. The van der Waals surface area contributed by atoms with Gasteiger partial charge in [-0.1, -0.05) is 43.2 Å². The number of amides is 1. The molecule has 120 valence electrons. The summed E-state index contributed by atoms with van der Waals surface area (Å²) in [6, 6.07) is 8.34. The van der Waals surface area contributed by atoms with E-state index >= 15 is 0 Å². The number of unbranched alkanes of at least 4 members (excludes halogenated alkanes) is 1. The van der Waals surface area contributed by atoms with Crippen molar-refractivity contribution in [1.82, 2.24) is 14.7 Å². The molecule has 0 saturated carbocycles. The number of hydrogen-bond acceptors (Lipinski definition) is 3. The second-order valence-electron chi connectivity index (χ2n) is 5.75. The number of fused-ring (bicyclic) bond motifs is 1. The second kappa shape index (κ2) is 6.96. The SMILES string of the molecule is CCCCNC(=O)Cc1csc2nc(-c3ccc(C)cc3)cn12. The van der Waals surface area contributed by atoms with Gasteiger partial charge in [-0.15, -0.1) is 11.3 Å². The van der Waals surface area contributed by atoms with E-state index in [0.29, 0.717) is 6.42 Å². The fourth-order valence-electron chi connectivity index (χ4n) is 2.45. The van der Waals surface area contributed by atoms with Crippen molar-refractivity contribution >= 4 is 22.2 Å². The van der Waals surface area contributed by atoms with E-state index in [1.54, 1.807) is 11.3 Å². The van der Waals surface area contributed by atoms with Gasteiger partial charge in [0, 0.05) is 29.4 Å². The van der Waals surface area contributed by atoms with Gasteiger partial charge in [0.25, 0.3) is 0 Å². The molecule has 3 aromatic rings. The number of nitrogens with zero attached hydrogens (tertiary/aromatic N) is 2. The Morgan fingerprint density at radius 2 is 2.09 bits per heavy atom. The van der Waals surface area contributed by atoms with E-state index in [1.807, 2.05) is 16.0 Å². The van der Waals surface area contributed by atoms with Gasteiger partial charge in [0.15, 0.2) is 4.96 Å². The molecule has 1 aromatic carbocycles. The topological polar surface area (TPSA) is 46.4 Å². The third-order valence-corrected chi connectivity index (χ3v) is 4.71. The molecule has 0 radical (unpaired) electrons. The maximum atomic E-state index is 12.0. The van der Waals surface area contributed by atoms with Crippen LogP contribution in [0.2, 0.25) is 0 Å². The number of carbonyl (C=O) groups excluding carboxylic acids is 1. The predicted octanol–water partition coefficient (Wildman–Crippen LogP) is 3.83. The molecule has 2 heterocycles. The van der Waals surface area contributed by atoms with Crippen molar-refractivity contribution in [1.29, 1.82) is 0 Å². The lowest BCUT2D eigenvalue weighted by atomic mass is 10.1. The monoisotopic (exact) mass is 327 g/mol. The third-order valence-electron chi connectivity index (χ3n) is 3.82. The fraction of sp³-hybridized carbons (Fsp3) is 0.333. The van der Waals surface area contributed by atoms with E-state index in [9.17, 15) is 4.79 Å². The van der Waals surface area contributed by atoms with Gasteiger partial charge in [-0.25, -0.2) is 4.98 Å². The minimum absolute atomic E-state index is 0.0729. The molecule has 0 aliphatic rings. The molecule has 23 heavy (non-hydrogen) atoms. The summed E-state index contributed by atoms with van der Waals surface area (Å²) in [6.07, 6.45) is 4.52. The van der Waals surface area contributed by atoms with Crippen molar-refractivity contribution in [3.05, 3.63) is 47.1 Å². The lowest BCUT2D eigenvalue weighted by Crippen LogP contribution is -2.26. The quantitative estimate of drug-likeness (QED) is 0.699. The van der Waals surface area contributed by atoms with Crippen LogP contribution in [-0.2, 0) is 11.2 Å². The van der Waals surface area contributed by atoms with Crippen LogP contribution in [-0.4, -0.2) is 21.8 Å². The Morgan fingerprint density at radius 1 is 1.30 bits per heavy atom. The molecular weight excluding hydrogens is 306 g/mol. The number of aryl methyl sites for hydroxylation is 1. The average Bonchev–Trinajstić information content (AvgIpc) is 3.10. The number of aromatic nitrogens is 2. The molecule has 0 bridgehead atoms. The van der Waals surface area contributed by atoms with Crippen LogP contribution in [0.1, 0.15) is 31.0 Å². The first-order chi connectivity index (χ1) is 11.2. The first-order valence-corrected chi connectivity index (χ1v) is 8.84. The molecule has 5 heteroatoms. The van der Waals surface area contributed by atoms with E-state index in [1.165, 1.54) is 5.56 Å². The highest BCUT2D eigenvalue weighted by Crippen LogP contribution is 2.24. The molecule has 0 saturated heterocycles. The van der Waals surface area contributed by atoms with Crippen LogP contribution in [0, 0.1) is 6.92 Å². The van der Waals surface area contributed by atoms with Gasteiger partial charge in [0.05, 0.1) is 12.1 Å². The summed E-state index contributed by atoms with van der Waals surface area (Å²) < 4.78 is 2.03. The summed E-state index contributed by atoms with van der Waals surface area (Å²) in [5, 5.41) is 4.98. The molecule has 2 aromatic heterocycles. The van der Waals surface area contributed by atoms with Crippen molar-refractivity contribution in [2.75, 3.05) is 6.54 Å². The van der Waals surface area contributed by atoms with Crippen LogP contribution in [0.15, 0.2) is 35.8 Å². The molecule has 0 aliphatic heterocycles. The highest BCUT2D eigenvalue weighted by Gasteiger charge is 2.12. The average molecular weight is 327 g/mol. The Balaban J connectivity index is 1.78. The summed E-state index contributed by atoms with van der Waals surface area (Å²) in [4.78, 5) is 17.6. The first kappa shape index (κ1) is 15.7. The Hall–Kier alpha value is -2.14. The number of imidazole rings is 1. The van der Waals surface area contributed by atoms with Gasteiger partial charge in [-0.2, -0.15) is 0 Å². The molecular formula is C18H21N3OS. The van der Waals surface area contributed by atoms with Gasteiger partial charge in [0.1, 0.15) is 0 Å². The Labute approximate surface area is 140 Å². The smallest absolute Gasteiger partial charge is 0.225 e. The summed E-state index contributed by atoms with van der Waals surface area (Å²) in [5.41, 5.74) is 4.28.